The summed E-state index contributed by atoms with van der Waals surface area (Å²) in [5.74, 6) is 3.65. The van der Waals surface area contributed by atoms with Gasteiger partial charge in [0.1, 0.15) is 11.9 Å². The van der Waals surface area contributed by atoms with E-state index in [2.05, 4.69) is 60.9 Å². The van der Waals surface area contributed by atoms with Gasteiger partial charge in [-0.05, 0) is 60.8 Å². The monoisotopic (exact) mass is 520 g/mol. The number of aryl methyl sites for hydroxylation is 1. The minimum Gasteiger partial charge on any atom is -0.485 e. The van der Waals surface area contributed by atoms with E-state index in [0.29, 0.717) is 23.5 Å². The molecule has 3 unspecified atom stereocenters. The van der Waals surface area contributed by atoms with Crippen molar-refractivity contribution in [3.63, 3.8) is 0 Å². The van der Waals surface area contributed by atoms with E-state index in [4.69, 9.17) is 19.7 Å². The van der Waals surface area contributed by atoms with Gasteiger partial charge in [0.15, 0.2) is 11.6 Å². The summed E-state index contributed by atoms with van der Waals surface area (Å²) in [6.45, 7) is 4.44. The third-order valence-electron chi connectivity index (χ3n) is 8.24. The fourth-order valence-corrected chi connectivity index (χ4v) is 6.41. The fraction of sp³-hybridized carbons (Fsp3) is 0.171. The van der Waals surface area contributed by atoms with Crippen LogP contribution in [-0.2, 0) is 4.74 Å². The van der Waals surface area contributed by atoms with Gasteiger partial charge in [0.05, 0.1) is 17.1 Å². The standard InChI is InChI=1S/C35H28N4O/c1-21-13-15-27-25(19-21)31-28(16-18-30-32(31)26-20-22(2)14-17-29(26)40-30)39(27)35-37-33(23-9-5-3-6-10-23)36-34(38-35)24-11-7-4-8-12-24/h3-19,22,30,32H,20H2,1-2H3. The number of hydrogen-bond donors (Lipinski definition) is 0. The first-order chi connectivity index (χ1) is 19.6. The van der Waals surface area contributed by atoms with Gasteiger partial charge >= 0.3 is 0 Å². The molecule has 0 saturated carbocycles. The third-order valence-corrected chi connectivity index (χ3v) is 8.24. The predicted octanol–water partition coefficient (Wildman–Crippen LogP) is 7.82. The third kappa shape index (κ3) is 3.58. The van der Waals surface area contributed by atoms with Crippen LogP contribution in [0.5, 0.6) is 0 Å². The number of hydrogen-bond acceptors (Lipinski definition) is 4. The normalized spacial score (nSPS) is 20.8. The summed E-state index contributed by atoms with van der Waals surface area (Å²) in [7, 11) is 0. The molecule has 8 rings (SSSR count). The van der Waals surface area contributed by atoms with E-state index in [1.54, 1.807) is 0 Å². The van der Waals surface area contributed by atoms with Crippen LogP contribution in [-0.4, -0.2) is 25.6 Å². The van der Waals surface area contributed by atoms with Gasteiger partial charge in [0.25, 0.3) is 0 Å². The van der Waals surface area contributed by atoms with Crippen LogP contribution in [0.4, 0.5) is 0 Å². The van der Waals surface area contributed by atoms with Gasteiger partial charge < -0.3 is 4.74 Å². The lowest BCUT2D eigenvalue weighted by Gasteiger charge is -2.24. The number of aromatic nitrogens is 4. The zero-order valence-corrected chi connectivity index (χ0v) is 22.5. The van der Waals surface area contributed by atoms with Crippen molar-refractivity contribution < 1.29 is 4.74 Å². The van der Waals surface area contributed by atoms with Gasteiger partial charge in [-0.1, -0.05) is 85.3 Å². The highest BCUT2D eigenvalue weighted by Crippen LogP contribution is 2.51. The Balaban J connectivity index is 1.40. The molecule has 0 amide bonds. The second-order valence-corrected chi connectivity index (χ2v) is 11.0. The molecule has 2 aromatic heterocycles. The molecule has 3 heterocycles. The molecule has 2 aliphatic carbocycles. The van der Waals surface area contributed by atoms with Crippen molar-refractivity contribution in [3.8, 4) is 28.7 Å². The molecule has 5 nitrogen and oxygen atoms in total. The van der Waals surface area contributed by atoms with Crippen LogP contribution in [0.2, 0.25) is 0 Å². The molecule has 0 radical (unpaired) electrons. The van der Waals surface area contributed by atoms with E-state index in [-0.39, 0.29) is 12.0 Å². The molecule has 0 N–H and O–H groups in total. The average Bonchev–Trinajstić information content (AvgIpc) is 3.52. The Hall–Kier alpha value is -4.77. The lowest BCUT2D eigenvalue weighted by molar-refractivity contribution is 0.181. The van der Waals surface area contributed by atoms with Gasteiger partial charge in [-0.15, -0.1) is 0 Å². The number of fused-ring (bicyclic) bond motifs is 6. The van der Waals surface area contributed by atoms with E-state index in [1.807, 2.05) is 60.7 Å². The summed E-state index contributed by atoms with van der Waals surface area (Å²) >= 11 is 0. The zero-order valence-electron chi connectivity index (χ0n) is 22.5. The van der Waals surface area contributed by atoms with E-state index >= 15 is 0 Å². The van der Waals surface area contributed by atoms with Crippen LogP contribution in [0, 0.1) is 12.8 Å². The molecule has 3 aromatic carbocycles. The first-order valence-electron chi connectivity index (χ1n) is 13.9. The van der Waals surface area contributed by atoms with Crippen molar-refractivity contribution in [3.05, 3.63) is 125 Å². The molecule has 0 spiro atoms. The number of benzene rings is 3. The van der Waals surface area contributed by atoms with Crippen LogP contribution < -0.4 is 0 Å². The maximum Gasteiger partial charge on any atom is 0.238 e. The SMILES string of the molecule is Cc1ccc2c(c1)c1c(n2-c2nc(-c3ccccc3)nc(-c3ccccc3)n2)C=CC2OC3=C(CC(C)C=C3)C12. The topological polar surface area (TPSA) is 52.8 Å². The molecule has 0 saturated heterocycles. The summed E-state index contributed by atoms with van der Waals surface area (Å²) in [4.78, 5) is 15.1. The van der Waals surface area contributed by atoms with Crippen molar-refractivity contribution in [2.75, 3.05) is 0 Å². The molecule has 3 aliphatic rings. The second-order valence-electron chi connectivity index (χ2n) is 11.0. The van der Waals surface area contributed by atoms with Gasteiger partial charge in [-0.2, -0.15) is 9.97 Å². The quantitative estimate of drug-likeness (QED) is 0.243. The molecular formula is C35H28N4O. The molecular weight excluding hydrogens is 492 g/mol. The molecule has 5 aromatic rings. The average molecular weight is 521 g/mol. The molecule has 1 aliphatic heterocycles. The largest absolute Gasteiger partial charge is 0.485 e. The Labute approximate surface area is 233 Å². The van der Waals surface area contributed by atoms with Gasteiger partial charge in [0, 0.05) is 16.5 Å². The molecule has 5 heteroatoms. The maximum atomic E-state index is 6.48. The van der Waals surface area contributed by atoms with Crippen LogP contribution in [0.25, 0.3) is 45.7 Å². The van der Waals surface area contributed by atoms with Crippen molar-refractivity contribution >= 4 is 17.0 Å². The Morgan fingerprint density at radius 3 is 2.20 bits per heavy atom. The lowest BCUT2D eigenvalue weighted by atomic mass is 9.78. The van der Waals surface area contributed by atoms with Crippen LogP contribution in [0.3, 0.4) is 0 Å². The molecule has 0 fully saturated rings. The maximum absolute atomic E-state index is 6.48. The lowest BCUT2D eigenvalue weighted by Crippen LogP contribution is -2.20. The van der Waals surface area contributed by atoms with E-state index in [9.17, 15) is 0 Å². The Morgan fingerprint density at radius 1 is 0.800 bits per heavy atom. The van der Waals surface area contributed by atoms with E-state index in [1.165, 1.54) is 22.1 Å². The Morgan fingerprint density at radius 2 is 1.50 bits per heavy atom. The van der Waals surface area contributed by atoms with Crippen molar-refractivity contribution in [2.24, 2.45) is 5.92 Å². The number of allylic oxidation sites excluding steroid dienone is 2. The first kappa shape index (κ1) is 23.1. The van der Waals surface area contributed by atoms with Crippen LogP contribution >= 0.6 is 0 Å². The number of ether oxygens (including phenoxy) is 1. The van der Waals surface area contributed by atoms with E-state index < -0.39 is 0 Å². The van der Waals surface area contributed by atoms with Crippen LogP contribution in [0.15, 0.2) is 108 Å². The summed E-state index contributed by atoms with van der Waals surface area (Å²) < 4.78 is 8.70. The highest BCUT2D eigenvalue weighted by molar-refractivity contribution is 5.92. The predicted molar refractivity (Wildman–Crippen MR) is 159 cm³/mol. The second kappa shape index (κ2) is 8.88. The minimum absolute atomic E-state index is 0.00475. The van der Waals surface area contributed by atoms with Crippen molar-refractivity contribution in [2.45, 2.75) is 32.3 Å². The van der Waals surface area contributed by atoms with Gasteiger partial charge in [-0.3, -0.25) is 4.57 Å². The van der Waals surface area contributed by atoms with E-state index in [0.717, 1.165) is 34.5 Å². The smallest absolute Gasteiger partial charge is 0.238 e. The first-order valence-corrected chi connectivity index (χ1v) is 13.9. The van der Waals surface area contributed by atoms with Crippen LogP contribution in [0.1, 0.15) is 36.1 Å². The highest BCUT2D eigenvalue weighted by atomic mass is 16.5. The summed E-state index contributed by atoms with van der Waals surface area (Å²) in [5.41, 5.74) is 8.07. The number of nitrogens with zero attached hydrogens (tertiary/aromatic N) is 4. The summed E-state index contributed by atoms with van der Waals surface area (Å²) in [6.07, 6.45) is 9.86. The van der Waals surface area contributed by atoms with Gasteiger partial charge in [0.2, 0.25) is 5.95 Å². The molecule has 0 bridgehead atoms. The zero-order chi connectivity index (χ0) is 26.8. The fourth-order valence-electron chi connectivity index (χ4n) is 6.41. The Bertz CT molecular complexity index is 1820. The highest BCUT2D eigenvalue weighted by Gasteiger charge is 2.42. The Kier molecular flexibility index (Phi) is 5.14. The minimum atomic E-state index is 0.00475. The number of rotatable bonds is 3. The summed E-state index contributed by atoms with van der Waals surface area (Å²) in [6, 6.07) is 27.0. The molecule has 194 valence electrons. The van der Waals surface area contributed by atoms with Crippen molar-refractivity contribution in [1.29, 1.82) is 0 Å². The molecule has 40 heavy (non-hydrogen) atoms. The van der Waals surface area contributed by atoms with Gasteiger partial charge in [-0.25, -0.2) is 4.98 Å². The van der Waals surface area contributed by atoms with Crippen molar-refractivity contribution in [1.82, 2.24) is 19.5 Å². The summed E-state index contributed by atoms with van der Waals surface area (Å²) in [5, 5.41) is 1.23. The molecule has 3 atom stereocenters.